The summed E-state index contributed by atoms with van der Waals surface area (Å²) in [5.74, 6) is -3.71. The van der Waals surface area contributed by atoms with E-state index < -0.39 is 54.3 Å². The van der Waals surface area contributed by atoms with Crippen molar-refractivity contribution >= 4 is 63.9 Å². The number of anilines is 1. The van der Waals surface area contributed by atoms with Gasteiger partial charge >= 0.3 is 18.1 Å². The first-order valence-electron chi connectivity index (χ1n) is 22.8. The van der Waals surface area contributed by atoms with E-state index in [0.29, 0.717) is 51.1 Å². The molecule has 1 unspecified atom stereocenters. The van der Waals surface area contributed by atoms with Gasteiger partial charge in [-0.1, -0.05) is 70.9 Å². The van der Waals surface area contributed by atoms with E-state index in [4.69, 9.17) is 14.9 Å². The number of carboxylic acids is 1. The van der Waals surface area contributed by atoms with Gasteiger partial charge in [0.2, 0.25) is 11.8 Å². The maximum Gasteiger partial charge on any atom is 0.408 e. The van der Waals surface area contributed by atoms with E-state index in [1.54, 1.807) is 42.3 Å². The highest BCUT2D eigenvalue weighted by Crippen LogP contribution is 2.32. The number of Topliss-reactive ketones (excluding diaryl/α,β-unsaturated/α-hetero) is 1. The first kappa shape index (κ1) is 50.8. The van der Waals surface area contributed by atoms with Crippen molar-refractivity contribution in [3.63, 3.8) is 0 Å². The van der Waals surface area contributed by atoms with Crippen molar-refractivity contribution in [2.75, 3.05) is 25.0 Å². The molecule has 0 aliphatic carbocycles. The molecule has 6 amide bonds. The summed E-state index contributed by atoms with van der Waals surface area (Å²) < 4.78 is 4.85. The number of rotatable bonds is 20. The van der Waals surface area contributed by atoms with Crippen LogP contribution in [0.3, 0.4) is 0 Å². The summed E-state index contributed by atoms with van der Waals surface area (Å²) in [6, 6.07) is 17.0. The number of pyridine rings is 2. The number of nitrogens with zero attached hydrogens (tertiary/aromatic N) is 5. The van der Waals surface area contributed by atoms with E-state index in [9.17, 15) is 33.6 Å². The molecule has 0 radical (unpaired) electrons. The fraction of sp³-hybridized carbons (Fsp3) is 0.429. The monoisotopic (exact) mass is 919 g/mol. The highest BCUT2D eigenvalue weighted by molar-refractivity contribution is 6.07. The van der Waals surface area contributed by atoms with Gasteiger partial charge in [0.05, 0.1) is 23.6 Å². The molecule has 0 saturated heterocycles. The summed E-state index contributed by atoms with van der Waals surface area (Å²) in [6.07, 6.45) is 6.77. The van der Waals surface area contributed by atoms with Gasteiger partial charge in [0.15, 0.2) is 12.4 Å². The predicted molar refractivity (Wildman–Crippen MR) is 252 cm³/mol. The number of alkyl carbamates (subject to hydrolysis) is 1. The second kappa shape index (κ2) is 24.9. The SMILES string of the molecule is CC.CC(C)[C@H](NC(=O)OCC(=O)CCC(=O)O)C(=O)N[C@@H](C)C(=O)NCCCCCCN1N=C(c2ccc(NC(=O)N3Cc4ccncc4C3)cc2)CC(c2ccc3cccnc3c2)C1=O. The van der Waals surface area contributed by atoms with E-state index in [1.165, 1.54) is 6.92 Å². The molecule has 18 nitrogen and oxygen atoms in total. The number of nitrogens with one attached hydrogen (secondary N) is 4. The molecule has 2 aromatic carbocycles. The molecular weight excluding hydrogens is 859 g/mol. The number of hydrazone groups is 1. The number of amides is 6. The van der Waals surface area contributed by atoms with Crippen molar-refractivity contribution in [2.24, 2.45) is 11.0 Å². The minimum Gasteiger partial charge on any atom is -0.481 e. The summed E-state index contributed by atoms with van der Waals surface area (Å²) in [5, 5.41) is 26.9. The van der Waals surface area contributed by atoms with Gasteiger partial charge in [-0.2, -0.15) is 5.10 Å². The van der Waals surface area contributed by atoms with Gasteiger partial charge in [0, 0.05) is 68.7 Å². The molecule has 4 aromatic rings. The summed E-state index contributed by atoms with van der Waals surface area (Å²) in [4.78, 5) is 98.0. The maximum absolute atomic E-state index is 14.0. The molecule has 3 atom stereocenters. The van der Waals surface area contributed by atoms with Crippen LogP contribution in [-0.2, 0) is 41.8 Å². The topological polar surface area (TPSA) is 242 Å². The molecule has 0 bridgehead atoms. The Kier molecular flexibility index (Phi) is 18.8. The number of fused-ring (bicyclic) bond motifs is 2. The van der Waals surface area contributed by atoms with Crippen LogP contribution in [0, 0.1) is 5.92 Å². The van der Waals surface area contributed by atoms with Gasteiger partial charge in [-0.05, 0) is 78.3 Å². The lowest BCUT2D eigenvalue weighted by molar-refractivity contribution is -0.139. The number of aliphatic carboxylic acids is 1. The molecule has 356 valence electrons. The fourth-order valence-corrected chi connectivity index (χ4v) is 7.55. The molecular formula is C49H61N9O9. The van der Waals surface area contributed by atoms with E-state index in [0.717, 1.165) is 51.7 Å². The van der Waals surface area contributed by atoms with Gasteiger partial charge < -0.3 is 36.0 Å². The number of unbranched alkanes of at least 4 members (excludes halogenated alkanes) is 3. The quantitative estimate of drug-likeness (QED) is 0.0617. The summed E-state index contributed by atoms with van der Waals surface area (Å²) >= 11 is 0. The minimum atomic E-state index is -1.15. The zero-order chi connectivity index (χ0) is 48.5. The van der Waals surface area contributed by atoms with Crippen molar-refractivity contribution in [1.82, 2.24) is 35.8 Å². The number of aromatic nitrogens is 2. The lowest BCUT2D eigenvalue weighted by Gasteiger charge is -2.30. The van der Waals surface area contributed by atoms with E-state index in [2.05, 4.69) is 31.2 Å². The lowest BCUT2D eigenvalue weighted by atomic mass is 9.88. The highest BCUT2D eigenvalue weighted by atomic mass is 16.6. The normalized spacial score (nSPS) is 15.0. The van der Waals surface area contributed by atoms with Crippen LogP contribution < -0.4 is 21.3 Å². The van der Waals surface area contributed by atoms with Crippen molar-refractivity contribution < 1.29 is 43.4 Å². The molecule has 67 heavy (non-hydrogen) atoms. The molecule has 18 heteroatoms. The van der Waals surface area contributed by atoms with Crippen LogP contribution in [0.1, 0.15) is 108 Å². The molecule has 5 N–H and O–H groups in total. The molecule has 2 aromatic heterocycles. The van der Waals surface area contributed by atoms with Crippen LogP contribution in [0.2, 0.25) is 0 Å². The Hall–Kier alpha value is -7.24. The molecule has 0 fully saturated rings. The van der Waals surface area contributed by atoms with E-state index in [-0.39, 0.29) is 30.7 Å². The van der Waals surface area contributed by atoms with Crippen LogP contribution >= 0.6 is 0 Å². The Morgan fingerprint density at radius 2 is 1.60 bits per heavy atom. The fourth-order valence-electron chi connectivity index (χ4n) is 7.55. The molecule has 2 aliphatic rings. The summed E-state index contributed by atoms with van der Waals surface area (Å²) in [7, 11) is 0. The standard InChI is InChI=1S/C47H55N9O9.C2H6/c1-29(2)42(53-47(64)65-28-37(57)16-17-41(58)59)44(61)51-30(3)43(60)50-19-6-4-5-7-22-56-45(62)38(33-11-10-31-9-8-20-49-39(31)23-33)24-40(54-56)32-12-14-36(15-13-32)52-46(63)55-26-34-18-21-48-25-35(34)27-55;1-2/h8-15,18,20-21,23,25,29-30,38,42H,4-7,16-17,19,22,24,26-28H2,1-3H3,(H,50,60)(H,51,61)(H,52,63)(H,53,64)(H,58,59);1-2H3/t30-,38?,42-;/m0./s1. The van der Waals surface area contributed by atoms with Crippen molar-refractivity contribution in [3.05, 3.63) is 102 Å². The summed E-state index contributed by atoms with van der Waals surface area (Å²) in [5.41, 5.74) is 5.99. The third kappa shape index (κ3) is 14.6. The second-order valence-corrected chi connectivity index (χ2v) is 16.5. The van der Waals surface area contributed by atoms with Gasteiger partial charge in [-0.25, -0.2) is 14.6 Å². The Morgan fingerprint density at radius 3 is 2.33 bits per heavy atom. The third-order valence-electron chi connectivity index (χ3n) is 11.3. The molecule has 0 saturated carbocycles. The second-order valence-electron chi connectivity index (χ2n) is 16.5. The van der Waals surface area contributed by atoms with Gasteiger partial charge in [0.25, 0.3) is 5.91 Å². The number of carboxylic acid groups (broad SMARTS) is 1. The van der Waals surface area contributed by atoms with Crippen LogP contribution in [0.5, 0.6) is 0 Å². The minimum absolute atomic E-state index is 0.104. The average Bonchev–Trinajstić information content (AvgIpc) is 3.77. The summed E-state index contributed by atoms with van der Waals surface area (Å²) in [6.45, 7) is 10.0. The average molecular weight is 920 g/mol. The van der Waals surface area contributed by atoms with Crippen LogP contribution in [-0.4, -0.2) is 104 Å². The predicted octanol–water partition coefficient (Wildman–Crippen LogP) is 6.29. The Morgan fingerprint density at radius 1 is 0.851 bits per heavy atom. The largest absolute Gasteiger partial charge is 0.481 e. The Bertz CT molecular complexity index is 2400. The first-order valence-corrected chi connectivity index (χ1v) is 22.8. The number of carbonyl (C=O) groups excluding carboxylic acids is 6. The zero-order valence-corrected chi connectivity index (χ0v) is 38.7. The van der Waals surface area contributed by atoms with Crippen molar-refractivity contribution in [3.8, 4) is 0 Å². The van der Waals surface area contributed by atoms with Crippen LogP contribution in [0.4, 0.5) is 15.3 Å². The van der Waals surface area contributed by atoms with Crippen LogP contribution in [0.15, 0.2) is 84.4 Å². The number of hydrogen-bond donors (Lipinski definition) is 5. The van der Waals surface area contributed by atoms with Crippen molar-refractivity contribution in [2.45, 2.75) is 111 Å². The molecule has 2 aliphatic heterocycles. The molecule has 6 rings (SSSR count). The number of hydrogen-bond acceptors (Lipinski definition) is 11. The molecule has 0 spiro atoms. The Balaban J connectivity index is 0.00000414. The zero-order valence-electron chi connectivity index (χ0n) is 38.7. The maximum atomic E-state index is 14.0. The number of benzene rings is 2. The van der Waals surface area contributed by atoms with Gasteiger partial charge in [-0.15, -0.1) is 0 Å². The third-order valence-corrected chi connectivity index (χ3v) is 11.3. The number of ketones is 1. The van der Waals surface area contributed by atoms with Crippen molar-refractivity contribution in [1.29, 1.82) is 0 Å². The Labute approximate surface area is 390 Å². The molecule has 4 heterocycles. The first-order chi connectivity index (χ1) is 32.2. The van der Waals surface area contributed by atoms with E-state index >= 15 is 0 Å². The number of carbonyl (C=O) groups is 7. The number of urea groups is 1. The highest BCUT2D eigenvalue weighted by Gasteiger charge is 2.33. The smallest absolute Gasteiger partial charge is 0.408 e. The van der Waals surface area contributed by atoms with Gasteiger partial charge in [0.1, 0.15) is 12.1 Å². The van der Waals surface area contributed by atoms with Gasteiger partial charge in [-0.3, -0.25) is 33.9 Å². The lowest BCUT2D eigenvalue weighted by Crippen LogP contribution is -2.54. The number of ether oxygens (including phenoxy) is 1. The van der Waals surface area contributed by atoms with Crippen LogP contribution in [0.25, 0.3) is 10.9 Å². The van der Waals surface area contributed by atoms with E-state index in [1.807, 2.05) is 74.5 Å².